The third kappa shape index (κ3) is 5.31. The maximum atomic E-state index is 12.6. The molecule has 3 rings (SSSR count). The number of hydrogen-bond acceptors (Lipinski definition) is 5. The second kappa shape index (κ2) is 8.29. The van der Waals surface area contributed by atoms with Crippen molar-refractivity contribution in [1.29, 1.82) is 0 Å². The SMILES string of the molecule is CC(C)(C)OC(=O)N1CCN(C2CCC(=O)CC2)C(C2CCC(=O)CC2)C1. The van der Waals surface area contributed by atoms with E-state index in [1.807, 2.05) is 25.7 Å². The number of carbonyl (C=O) groups excluding carboxylic acids is 3. The molecule has 0 aromatic heterocycles. The van der Waals surface area contributed by atoms with E-state index in [-0.39, 0.29) is 12.1 Å². The van der Waals surface area contributed by atoms with E-state index in [0.717, 1.165) is 32.2 Å². The highest BCUT2D eigenvalue weighted by molar-refractivity contribution is 5.79. The van der Waals surface area contributed by atoms with E-state index in [4.69, 9.17) is 4.74 Å². The van der Waals surface area contributed by atoms with Gasteiger partial charge in [-0.15, -0.1) is 0 Å². The molecule has 1 saturated heterocycles. The van der Waals surface area contributed by atoms with Crippen LogP contribution in [-0.4, -0.2) is 64.8 Å². The van der Waals surface area contributed by atoms with Gasteiger partial charge in [-0.25, -0.2) is 4.79 Å². The van der Waals surface area contributed by atoms with Crippen LogP contribution in [0.2, 0.25) is 0 Å². The molecule has 0 aromatic rings. The van der Waals surface area contributed by atoms with Crippen LogP contribution >= 0.6 is 0 Å². The Bertz CT molecular complexity index is 563. The molecule has 27 heavy (non-hydrogen) atoms. The maximum absolute atomic E-state index is 12.6. The Morgan fingerprint density at radius 3 is 2.04 bits per heavy atom. The minimum atomic E-state index is -0.495. The van der Waals surface area contributed by atoms with Crippen LogP contribution in [0.15, 0.2) is 0 Å². The summed E-state index contributed by atoms with van der Waals surface area (Å²) in [7, 11) is 0. The summed E-state index contributed by atoms with van der Waals surface area (Å²) in [5.41, 5.74) is -0.495. The Morgan fingerprint density at radius 1 is 0.926 bits per heavy atom. The summed E-state index contributed by atoms with van der Waals surface area (Å²) in [4.78, 5) is 40.4. The van der Waals surface area contributed by atoms with Gasteiger partial charge >= 0.3 is 6.09 Å². The zero-order valence-corrected chi connectivity index (χ0v) is 17.0. The monoisotopic (exact) mass is 378 g/mol. The summed E-state index contributed by atoms with van der Waals surface area (Å²) in [6, 6.07) is 0.684. The van der Waals surface area contributed by atoms with Gasteiger partial charge in [0.1, 0.15) is 17.2 Å². The molecule has 6 heteroatoms. The molecule has 1 unspecified atom stereocenters. The van der Waals surface area contributed by atoms with Crippen LogP contribution in [0.5, 0.6) is 0 Å². The van der Waals surface area contributed by atoms with E-state index in [1.165, 1.54) is 0 Å². The van der Waals surface area contributed by atoms with Crippen molar-refractivity contribution in [2.24, 2.45) is 5.92 Å². The van der Waals surface area contributed by atoms with Crippen molar-refractivity contribution in [2.75, 3.05) is 19.6 Å². The molecule has 2 aliphatic carbocycles. The third-order valence-corrected chi connectivity index (χ3v) is 6.23. The van der Waals surface area contributed by atoms with Crippen LogP contribution in [0.25, 0.3) is 0 Å². The van der Waals surface area contributed by atoms with Crippen molar-refractivity contribution in [3.63, 3.8) is 0 Å². The minimum Gasteiger partial charge on any atom is -0.444 e. The second-order valence-electron chi connectivity index (χ2n) is 9.38. The van der Waals surface area contributed by atoms with E-state index in [0.29, 0.717) is 62.3 Å². The molecule has 0 spiro atoms. The highest BCUT2D eigenvalue weighted by Gasteiger charge is 2.40. The van der Waals surface area contributed by atoms with Crippen LogP contribution in [0.1, 0.15) is 72.1 Å². The van der Waals surface area contributed by atoms with Crippen molar-refractivity contribution in [1.82, 2.24) is 9.80 Å². The van der Waals surface area contributed by atoms with Crippen molar-refractivity contribution >= 4 is 17.7 Å². The molecule has 1 amide bonds. The molecule has 3 fully saturated rings. The summed E-state index contributed by atoms with van der Waals surface area (Å²) in [5, 5.41) is 0. The minimum absolute atomic E-state index is 0.238. The lowest BCUT2D eigenvalue weighted by atomic mass is 9.80. The van der Waals surface area contributed by atoms with Gasteiger partial charge in [0.05, 0.1) is 0 Å². The first-order valence-corrected chi connectivity index (χ1v) is 10.5. The lowest BCUT2D eigenvalue weighted by molar-refractivity contribution is -0.124. The smallest absolute Gasteiger partial charge is 0.410 e. The highest BCUT2D eigenvalue weighted by Crippen LogP contribution is 2.34. The molecule has 3 aliphatic rings. The number of ether oxygens (including phenoxy) is 1. The number of Topliss-reactive ketones (excluding diaryl/α,β-unsaturated/α-hetero) is 2. The van der Waals surface area contributed by atoms with Gasteiger partial charge in [0.25, 0.3) is 0 Å². The summed E-state index contributed by atoms with van der Waals surface area (Å²) in [6.07, 6.45) is 6.09. The molecule has 1 aliphatic heterocycles. The Balaban J connectivity index is 1.71. The predicted molar refractivity (Wildman–Crippen MR) is 103 cm³/mol. The van der Waals surface area contributed by atoms with Crippen molar-refractivity contribution in [3.8, 4) is 0 Å². The van der Waals surface area contributed by atoms with Gasteiger partial charge in [-0.2, -0.15) is 0 Å². The normalized spacial score (nSPS) is 27.1. The fourth-order valence-corrected chi connectivity index (χ4v) is 4.79. The Morgan fingerprint density at radius 2 is 1.48 bits per heavy atom. The molecule has 1 heterocycles. The van der Waals surface area contributed by atoms with Crippen molar-refractivity contribution in [3.05, 3.63) is 0 Å². The molecule has 6 nitrogen and oxygen atoms in total. The molecule has 152 valence electrons. The molecule has 1 atom stereocenters. The predicted octanol–water partition coefficient (Wildman–Crippen LogP) is 3.18. The number of ketones is 2. The van der Waals surface area contributed by atoms with Crippen molar-refractivity contribution in [2.45, 2.75) is 89.8 Å². The molecule has 2 saturated carbocycles. The Hall–Kier alpha value is -1.43. The quantitative estimate of drug-likeness (QED) is 0.738. The second-order valence-corrected chi connectivity index (χ2v) is 9.38. The molecule has 0 radical (unpaired) electrons. The summed E-state index contributed by atoms with van der Waals surface area (Å²) in [5.74, 6) is 1.17. The molecule has 0 aromatic carbocycles. The van der Waals surface area contributed by atoms with E-state index < -0.39 is 5.60 Å². The first-order valence-electron chi connectivity index (χ1n) is 10.5. The number of hydrogen-bond donors (Lipinski definition) is 0. The van der Waals surface area contributed by atoms with Gasteiger partial charge in [-0.1, -0.05) is 0 Å². The number of carbonyl (C=O) groups is 3. The fraction of sp³-hybridized carbons (Fsp3) is 0.857. The van der Waals surface area contributed by atoms with Crippen LogP contribution < -0.4 is 0 Å². The third-order valence-electron chi connectivity index (χ3n) is 6.23. The van der Waals surface area contributed by atoms with Gasteiger partial charge in [0, 0.05) is 57.4 Å². The van der Waals surface area contributed by atoms with E-state index in [1.54, 1.807) is 0 Å². The summed E-state index contributed by atoms with van der Waals surface area (Å²) < 4.78 is 5.59. The Labute approximate surface area is 162 Å². The van der Waals surface area contributed by atoms with Gasteiger partial charge in [0.2, 0.25) is 0 Å². The standard InChI is InChI=1S/C21H34N2O4/c1-21(2,3)27-20(26)22-12-13-23(16-6-10-18(25)11-7-16)19(14-22)15-4-8-17(24)9-5-15/h15-16,19H,4-14H2,1-3H3. The van der Waals surface area contributed by atoms with Crippen LogP contribution in [0.3, 0.4) is 0 Å². The summed E-state index contributed by atoms with van der Waals surface area (Å²) >= 11 is 0. The zero-order chi connectivity index (χ0) is 19.6. The van der Waals surface area contributed by atoms with Gasteiger partial charge < -0.3 is 9.64 Å². The number of amides is 1. The average molecular weight is 379 g/mol. The average Bonchev–Trinajstić information content (AvgIpc) is 2.61. The van der Waals surface area contributed by atoms with Crippen LogP contribution in [0.4, 0.5) is 4.79 Å². The molecular formula is C21H34N2O4. The largest absolute Gasteiger partial charge is 0.444 e. The van der Waals surface area contributed by atoms with Crippen LogP contribution in [0, 0.1) is 5.92 Å². The summed E-state index contributed by atoms with van der Waals surface area (Å²) in [6.45, 7) is 7.84. The number of nitrogens with zero attached hydrogens (tertiary/aromatic N) is 2. The lowest BCUT2D eigenvalue weighted by Crippen LogP contribution is -2.61. The number of piperazine rings is 1. The first-order chi connectivity index (χ1) is 12.7. The topological polar surface area (TPSA) is 66.9 Å². The maximum Gasteiger partial charge on any atom is 0.410 e. The van der Waals surface area contributed by atoms with E-state index in [2.05, 4.69) is 4.90 Å². The van der Waals surface area contributed by atoms with Gasteiger partial charge in [0.15, 0.2) is 0 Å². The lowest BCUT2D eigenvalue weighted by Gasteiger charge is -2.49. The number of rotatable bonds is 2. The Kier molecular flexibility index (Phi) is 6.24. The fourth-order valence-electron chi connectivity index (χ4n) is 4.79. The van der Waals surface area contributed by atoms with E-state index >= 15 is 0 Å². The van der Waals surface area contributed by atoms with Gasteiger partial charge in [-0.05, 0) is 52.4 Å². The van der Waals surface area contributed by atoms with E-state index in [9.17, 15) is 14.4 Å². The van der Waals surface area contributed by atoms with Crippen molar-refractivity contribution < 1.29 is 19.1 Å². The molecular weight excluding hydrogens is 344 g/mol. The van der Waals surface area contributed by atoms with Crippen LogP contribution in [-0.2, 0) is 14.3 Å². The molecule has 0 bridgehead atoms. The highest BCUT2D eigenvalue weighted by atomic mass is 16.6. The first kappa shape index (κ1) is 20.3. The zero-order valence-electron chi connectivity index (χ0n) is 17.0. The molecule has 0 N–H and O–H groups in total. The van der Waals surface area contributed by atoms with Gasteiger partial charge in [-0.3, -0.25) is 14.5 Å².